The van der Waals surface area contributed by atoms with Gasteiger partial charge in [0.25, 0.3) is 11.8 Å². The smallest absolute Gasteiger partial charge is 0.262 e. The maximum Gasteiger partial charge on any atom is 0.262 e. The number of amides is 3. The van der Waals surface area contributed by atoms with Gasteiger partial charge in [-0.15, -0.1) is 0 Å². The molecule has 0 radical (unpaired) electrons. The Morgan fingerprint density at radius 1 is 1.00 bits per heavy atom. The summed E-state index contributed by atoms with van der Waals surface area (Å²) in [5, 5.41) is 0. The lowest BCUT2D eigenvalue weighted by Crippen LogP contribution is -2.43. The molecule has 0 N–H and O–H groups in total. The summed E-state index contributed by atoms with van der Waals surface area (Å²) in [5.41, 5.74) is 1.92. The number of nitrogens with zero attached hydrogens (tertiary/aromatic N) is 2. The Bertz CT molecular complexity index is 903. The van der Waals surface area contributed by atoms with Crippen molar-refractivity contribution in [3.63, 3.8) is 0 Å². The van der Waals surface area contributed by atoms with E-state index in [1.165, 1.54) is 5.56 Å². The monoisotopic (exact) mass is 392 g/mol. The maximum absolute atomic E-state index is 13.0. The standard InChI is InChI=1S/C23H24N2O4/c1-29-18-11-9-16(10-12-18)17-6-4-5-13-24(14-17)21(26)15-25-22(27)19-7-2-3-8-20(19)23(25)28/h2-3,7-12,17H,4-6,13-15H2,1H3. The zero-order chi connectivity index (χ0) is 20.4. The summed E-state index contributed by atoms with van der Waals surface area (Å²) in [5.74, 6) is 0.0799. The summed E-state index contributed by atoms with van der Waals surface area (Å²) >= 11 is 0. The number of hydrogen-bond donors (Lipinski definition) is 0. The number of ether oxygens (including phenoxy) is 1. The van der Waals surface area contributed by atoms with Gasteiger partial charge in [-0.25, -0.2) is 0 Å². The summed E-state index contributed by atoms with van der Waals surface area (Å²) in [4.78, 5) is 41.0. The topological polar surface area (TPSA) is 66.9 Å². The van der Waals surface area contributed by atoms with Crippen LogP contribution < -0.4 is 4.74 Å². The van der Waals surface area contributed by atoms with Crippen LogP contribution in [0.25, 0.3) is 0 Å². The molecule has 2 aliphatic heterocycles. The van der Waals surface area contributed by atoms with Crippen molar-refractivity contribution < 1.29 is 19.1 Å². The average molecular weight is 392 g/mol. The molecular weight excluding hydrogens is 368 g/mol. The lowest BCUT2D eigenvalue weighted by Gasteiger charge is -2.26. The van der Waals surface area contributed by atoms with Crippen LogP contribution in [0.4, 0.5) is 0 Å². The fourth-order valence-corrected chi connectivity index (χ4v) is 4.13. The van der Waals surface area contributed by atoms with Gasteiger partial charge in [-0.1, -0.05) is 30.7 Å². The van der Waals surface area contributed by atoms with Crippen LogP contribution in [0.1, 0.15) is 51.5 Å². The van der Waals surface area contributed by atoms with Crippen LogP contribution in [0.5, 0.6) is 5.75 Å². The van der Waals surface area contributed by atoms with E-state index in [9.17, 15) is 14.4 Å². The van der Waals surface area contributed by atoms with Crippen molar-refractivity contribution in [1.82, 2.24) is 9.80 Å². The van der Waals surface area contributed by atoms with Crippen LogP contribution in [0.3, 0.4) is 0 Å². The Kier molecular flexibility index (Phi) is 5.34. The Labute approximate surface area is 170 Å². The third-order valence-corrected chi connectivity index (χ3v) is 5.78. The highest BCUT2D eigenvalue weighted by atomic mass is 16.5. The molecule has 2 aliphatic rings. The minimum absolute atomic E-state index is 0.181. The molecule has 1 atom stereocenters. The molecule has 6 heteroatoms. The number of methoxy groups -OCH3 is 1. The first kappa shape index (κ1) is 19.2. The molecule has 0 aromatic heterocycles. The molecule has 1 saturated heterocycles. The molecule has 0 aliphatic carbocycles. The quantitative estimate of drug-likeness (QED) is 0.750. The average Bonchev–Trinajstić information content (AvgIpc) is 2.93. The highest BCUT2D eigenvalue weighted by Crippen LogP contribution is 2.28. The van der Waals surface area contributed by atoms with Crippen molar-refractivity contribution in [2.75, 3.05) is 26.7 Å². The van der Waals surface area contributed by atoms with Crippen molar-refractivity contribution in [3.8, 4) is 5.75 Å². The Balaban J connectivity index is 1.46. The van der Waals surface area contributed by atoms with Gasteiger partial charge in [0.1, 0.15) is 12.3 Å². The molecule has 29 heavy (non-hydrogen) atoms. The van der Waals surface area contributed by atoms with E-state index >= 15 is 0 Å². The minimum Gasteiger partial charge on any atom is -0.497 e. The lowest BCUT2D eigenvalue weighted by atomic mass is 9.94. The van der Waals surface area contributed by atoms with Crippen LogP contribution in [0.2, 0.25) is 0 Å². The molecule has 2 aromatic carbocycles. The molecule has 3 amide bonds. The summed E-state index contributed by atoms with van der Waals surface area (Å²) < 4.78 is 5.23. The number of carbonyl (C=O) groups excluding carboxylic acids is 3. The van der Waals surface area contributed by atoms with Crippen LogP contribution in [0.15, 0.2) is 48.5 Å². The van der Waals surface area contributed by atoms with Crippen molar-refractivity contribution in [3.05, 3.63) is 65.2 Å². The SMILES string of the molecule is COc1ccc(C2CCCCN(C(=O)CN3C(=O)c4ccccc4C3=O)C2)cc1. The third kappa shape index (κ3) is 3.75. The van der Waals surface area contributed by atoms with Crippen LogP contribution in [0, 0.1) is 0 Å². The van der Waals surface area contributed by atoms with E-state index in [-0.39, 0.29) is 30.2 Å². The molecule has 4 rings (SSSR count). The van der Waals surface area contributed by atoms with E-state index in [2.05, 4.69) is 0 Å². The van der Waals surface area contributed by atoms with Crippen molar-refractivity contribution >= 4 is 17.7 Å². The van der Waals surface area contributed by atoms with Gasteiger partial charge < -0.3 is 9.64 Å². The molecule has 150 valence electrons. The molecule has 2 heterocycles. The molecule has 0 bridgehead atoms. The van der Waals surface area contributed by atoms with Gasteiger partial charge >= 0.3 is 0 Å². The number of imide groups is 1. The highest BCUT2D eigenvalue weighted by Gasteiger charge is 2.37. The second-order valence-electron chi connectivity index (χ2n) is 7.55. The molecule has 1 unspecified atom stereocenters. The molecule has 0 saturated carbocycles. The van der Waals surface area contributed by atoms with Crippen molar-refractivity contribution in [1.29, 1.82) is 0 Å². The Morgan fingerprint density at radius 3 is 2.28 bits per heavy atom. The van der Waals surface area contributed by atoms with Gasteiger partial charge in [0, 0.05) is 19.0 Å². The van der Waals surface area contributed by atoms with Crippen LogP contribution >= 0.6 is 0 Å². The van der Waals surface area contributed by atoms with Crippen molar-refractivity contribution in [2.24, 2.45) is 0 Å². The molecule has 6 nitrogen and oxygen atoms in total. The highest BCUT2D eigenvalue weighted by molar-refractivity contribution is 6.22. The first-order valence-electron chi connectivity index (χ1n) is 9.95. The van der Waals surface area contributed by atoms with E-state index in [1.807, 2.05) is 24.3 Å². The number of fused-ring (bicyclic) bond motifs is 1. The first-order chi connectivity index (χ1) is 14.1. The summed E-state index contributed by atoms with van der Waals surface area (Å²) in [6.07, 6.45) is 2.96. The van der Waals surface area contributed by atoms with E-state index in [0.717, 1.165) is 29.9 Å². The molecule has 0 spiro atoms. The number of likely N-dealkylation sites (tertiary alicyclic amines) is 1. The third-order valence-electron chi connectivity index (χ3n) is 5.78. The van der Waals surface area contributed by atoms with Crippen LogP contribution in [-0.4, -0.2) is 54.3 Å². The number of benzene rings is 2. The Hall–Kier alpha value is -3.15. The van der Waals surface area contributed by atoms with Crippen molar-refractivity contribution in [2.45, 2.75) is 25.2 Å². The molecular formula is C23H24N2O4. The van der Waals surface area contributed by atoms with Gasteiger partial charge in [0.15, 0.2) is 0 Å². The van der Waals surface area contributed by atoms with Gasteiger partial charge in [0.05, 0.1) is 18.2 Å². The second-order valence-corrected chi connectivity index (χ2v) is 7.55. The predicted octanol–water partition coefficient (Wildman–Crippen LogP) is 3.09. The fraction of sp³-hybridized carbons (Fsp3) is 0.348. The normalized spacial score (nSPS) is 19.1. The Morgan fingerprint density at radius 2 is 1.66 bits per heavy atom. The summed E-state index contributed by atoms with van der Waals surface area (Å²) in [6.45, 7) is 1.03. The fourth-order valence-electron chi connectivity index (χ4n) is 4.13. The zero-order valence-corrected chi connectivity index (χ0v) is 16.5. The van der Waals surface area contributed by atoms with E-state index in [1.54, 1.807) is 36.3 Å². The lowest BCUT2D eigenvalue weighted by molar-refractivity contribution is -0.131. The van der Waals surface area contributed by atoms with Gasteiger partial charge in [-0.2, -0.15) is 0 Å². The number of carbonyl (C=O) groups is 3. The first-order valence-corrected chi connectivity index (χ1v) is 9.95. The second kappa shape index (κ2) is 8.07. The van der Waals surface area contributed by atoms with E-state index in [4.69, 9.17) is 4.74 Å². The van der Waals surface area contributed by atoms with Gasteiger partial charge in [-0.3, -0.25) is 19.3 Å². The largest absolute Gasteiger partial charge is 0.497 e. The zero-order valence-electron chi connectivity index (χ0n) is 16.5. The predicted molar refractivity (Wildman–Crippen MR) is 108 cm³/mol. The minimum atomic E-state index is -0.388. The van der Waals surface area contributed by atoms with Crippen LogP contribution in [-0.2, 0) is 4.79 Å². The molecule has 2 aromatic rings. The molecule has 1 fully saturated rings. The van der Waals surface area contributed by atoms with Gasteiger partial charge in [-0.05, 0) is 42.7 Å². The summed E-state index contributed by atoms with van der Waals surface area (Å²) in [7, 11) is 1.64. The number of hydrogen-bond acceptors (Lipinski definition) is 4. The maximum atomic E-state index is 13.0. The number of rotatable bonds is 4. The summed E-state index contributed by atoms with van der Waals surface area (Å²) in [6, 6.07) is 14.7. The van der Waals surface area contributed by atoms with E-state index in [0.29, 0.717) is 24.2 Å². The van der Waals surface area contributed by atoms with E-state index < -0.39 is 0 Å². The van der Waals surface area contributed by atoms with Gasteiger partial charge in [0.2, 0.25) is 5.91 Å².